The molecule has 0 aliphatic rings. The number of hydrogen-bond acceptors (Lipinski definition) is 3. The summed E-state index contributed by atoms with van der Waals surface area (Å²) in [4.78, 5) is 13.0. The predicted molar refractivity (Wildman–Crippen MR) is 67.2 cm³/mol. The van der Waals surface area contributed by atoms with Crippen molar-refractivity contribution in [1.29, 1.82) is 0 Å². The molecule has 0 radical (unpaired) electrons. The lowest BCUT2D eigenvalue weighted by Gasteiger charge is -2.16. The second-order valence-electron chi connectivity index (χ2n) is 4.36. The molecule has 0 atom stereocenters. The Balaban J connectivity index is 2.12. The van der Waals surface area contributed by atoms with E-state index in [1.807, 2.05) is 18.0 Å². The van der Waals surface area contributed by atoms with Crippen molar-refractivity contribution in [2.45, 2.75) is 13.1 Å². The average molecular weight is 263 g/mol. The predicted octanol–water partition coefficient (Wildman–Crippen LogP) is 2.75. The molecule has 0 fully saturated rings. The van der Waals surface area contributed by atoms with E-state index in [0.717, 1.165) is 11.8 Å². The van der Waals surface area contributed by atoms with Crippen molar-refractivity contribution in [1.82, 2.24) is 4.90 Å². The molecule has 4 nitrogen and oxygen atoms in total. The summed E-state index contributed by atoms with van der Waals surface area (Å²) < 4.78 is 18.3. The van der Waals surface area contributed by atoms with Crippen LogP contribution in [0.1, 0.15) is 21.7 Å². The molecule has 0 saturated heterocycles. The number of halogens is 1. The van der Waals surface area contributed by atoms with Crippen LogP contribution in [0, 0.1) is 5.82 Å². The van der Waals surface area contributed by atoms with E-state index < -0.39 is 11.8 Å². The van der Waals surface area contributed by atoms with Gasteiger partial charge in [-0.15, -0.1) is 0 Å². The molecule has 0 aliphatic carbocycles. The summed E-state index contributed by atoms with van der Waals surface area (Å²) in [5.74, 6) is -0.878. The first-order chi connectivity index (χ1) is 9.06. The highest BCUT2D eigenvalue weighted by atomic mass is 19.1. The summed E-state index contributed by atoms with van der Waals surface area (Å²) in [5.41, 5.74) is 0.564. The fourth-order valence-electron chi connectivity index (χ4n) is 1.90. The maximum absolute atomic E-state index is 13.1. The molecule has 1 heterocycles. The van der Waals surface area contributed by atoms with Crippen LogP contribution in [0.4, 0.5) is 4.39 Å². The van der Waals surface area contributed by atoms with Gasteiger partial charge in [-0.2, -0.15) is 0 Å². The van der Waals surface area contributed by atoms with Gasteiger partial charge in [0.05, 0.1) is 18.4 Å². The summed E-state index contributed by atoms with van der Waals surface area (Å²) in [6.07, 6.45) is 1.59. The minimum atomic E-state index is -1.12. The summed E-state index contributed by atoms with van der Waals surface area (Å²) in [5, 5.41) is 9.06. The monoisotopic (exact) mass is 263 g/mol. The molecule has 1 N–H and O–H groups in total. The molecule has 1 aromatic carbocycles. The highest BCUT2D eigenvalue weighted by molar-refractivity contribution is 5.89. The lowest BCUT2D eigenvalue weighted by Crippen LogP contribution is -2.19. The van der Waals surface area contributed by atoms with E-state index in [4.69, 9.17) is 9.52 Å². The molecule has 0 spiro atoms. The van der Waals surface area contributed by atoms with Crippen molar-refractivity contribution >= 4 is 5.97 Å². The first-order valence-corrected chi connectivity index (χ1v) is 5.79. The van der Waals surface area contributed by atoms with Gasteiger partial charge in [0, 0.05) is 6.54 Å². The molecule has 0 saturated carbocycles. The number of carboxylic acid groups (broad SMARTS) is 1. The van der Waals surface area contributed by atoms with Gasteiger partial charge >= 0.3 is 5.97 Å². The lowest BCUT2D eigenvalue weighted by molar-refractivity contribution is 0.0694. The number of aromatic carboxylic acids is 1. The zero-order valence-electron chi connectivity index (χ0n) is 10.5. The lowest BCUT2D eigenvalue weighted by atomic mass is 10.1. The van der Waals surface area contributed by atoms with Gasteiger partial charge in [-0.05, 0) is 36.9 Å². The topological polar surface area (TPSA) is 53.7 Å². The molecule has 0 aliphatic heterocycles. The fourth-order valence-corrected chi connectivity index (χ4v) is 1.90. The van der Waals surface area contributed by atoms with Gasteiger partial charge < -0.3 is 9.52 Å². The largest absolute Gasteiger partial charge is 0.478 e. The van der Waals surface area contributed by atoms with E-state index in [2.05, 4.69) is 0 Å². The van der Waals surface area contributed by atoms with Crippen LogP contribution < -0.4 is 0 Å². The number of rotatable bonds is 5. The Kier molecular flexibility index (Phi) is 3.97. The van der Waals surface area contributed by atoms with Gasteiger partial charge in [-0.1, -0.05) is 6.07 Å². The highest BCUT2D eigenvalue weighted by Crippen LogP contribution is 2.15. The van der Waals surface area contributed by atoms with Crippen molar-refractivity contribution < 1.29 is 18.7 Å². The molecule has 5 heteroatoms. The van der Waals surface area contributed by atoms with Crippen LogP contribution in [0.2, 0.25) is 0 Å². The van der Waals surface area contributed by atoms with Crippen molar-refractivity contribution in [2.75, 3.05) is 7.05 Å². The van der Waals surface area contributed by atoms with Crippen LogP contribution in [-0.4, -0.2) is 23.0 Å². The first kappa shape index (κ1) is 13.3. The average Bonchev–Trinajstić information content (AvgIpc) is 2.83. The second-order valence-corrected chi connectivity index (χ2v) is 4.36. The summed E-state index contributed by atoms with van der Waals surface area (Å²) in [7, 11) is 1.84. The Morgan fingerprint density at radius 2 is 2.16 bits per heavy atom. The minimum absolute atomic E-state index is 0.00806. The third-order valence-corrected chi connectivity index (χ3v) is 2.75. The Hall–Kier alpha value is -2.14. The minimum Gasteiger partial charge on any atom is -0.478 e. The molecule has 100 valence electrons. The van der Waals surface area contributed by atoms with Crippen LogP contribution in [0.5, 0.6) is 0 Å². The summed E-state index contributed by atoms with van der Waals surface area (Å²) in [6.45, 7) is 0.964. The number of benzene rings is 1. The van der Waals surface area contributed by atoms with Crippen LogP contribution >= 0.6 is 0 Å². The van der Waals surface area contributed by atoms with E-state index in [9.17, 15) is 9.18 Å². The number of hydrogen-bond donors (Lipinski definition) is 1. The molecule has 0 unspecified atom stereocenters. The Morgan fingerprint density at radius 1 is 1.37 bits per heavy atom. The van der Waals surface area contributed by atoms with Crippen molar-refractivity contribution in [2.24, 2.45) is 0 Å². The maximum Gasteiger partial charge on any atom is 0.336 e. The molecule has 2 aromatic rings. The molecule has 1 aromatic heterocycles. The number of nitrogens with zero attached hydrogens (tertiary/aromatic N) is 1. The van der Waals surface area contributed by atoms with Gasteiger partial charge in [0.25, 0.3) is 0 Å². The third kappa shape index (κ3) is 3.42. The Bertz CT molecular complexity index is 566. The molecular formula is C14H14FNO3. The third-order valence-electron chi connectivity index (χ3n) is 2.75. The molecule has 19 heavy (non-hydrogen) atoms. The second kappa shape index (κ2) is 5.67. The number of carboxylic acids is 1. The normalized spacial score (nSPS) is 10.9. The van der Waals surface area contributed by atoms with Gasteiger partial charge in [-0.25, -0.2) is 9.18 Å². The Labute approximate surface area is 110 Å². The maximum atomic E-state index is 13.1. The first-order valence-electron chi connectivity index (χ1n) is 5.79. The zero-order valence-corrected chi connectivity index (χ0v) is 10.5. The number of carbonyl (C=O) groups is 1. The van der Waals surface area contributed by atoms with Crippen molar-refractivity contribution in [3.63, 3.8) is 0 Å². The quantitative estimate of drug-likeness (QED) is 0.901. The van der Waals surface area contributed by atoms with Crippen LogP contribution in [-0.2, 0) is 13.1 Å². The van der Waals surface area contributed by atoms with Crippen LogP contribution in [0.25, 0.3) is 0 Å². The Morgan fingerprint density at radius 3 is 2.79 bits per heavy atom. The van der Waals surface area contributed by atoms with E-state index >= 15 is 0 Å². The SMILES string of the molecule is CN(Cc1ccco1)Cc1ccc(F)cc1C(=O)O. The van der Waals surface area contributed by atoms with Crippen molar-refractivity contribution in [3.8, 4) is 0 Å². The van der Waals surface area contributed by atoms with E-state index in [1.165, 1.54) is 12.1 Å². The highest BCUT2D eigenvalue weighted by Gasteiger charge is 2.13. The molecular weight excluding hydrogens is 249 g/mol. The summed E-state index contributed by atoms with van der Waals surface area (Å²) in [6, 6.07) is 7.45. The van der Waals surface area contributed by atoms with E-state index in [0.29, 0.717) is 18.7 Å². The van der Waals surface area contributed by atoms with E-state index in [-0.39, 0.29) is 5.56 Å². The smallest absolute Gasteiger partial charge is 0.336 e. The van der Waals surface area contributed by atoms with Gasteiger partial charge in [0.2, 0.25) is 0 Å². The molecule has 0 amide bonds. The molecule has 0 bridgehead atoms. The van der Waals surface area contributed by atoms with Crippen LogP contribution in [0.15, 0.2) is 41.0 Å². The zero-order chi connectivity index (χ0) is 13.8. The van der Waals surface area contributed by atoms with E-state index in [1.54, 1.807) is 12.3 Å². The van der Waals surface area contributed by atoms with Gasteiger partial charge in [0.1, 0.15) is 11.6 Å². The summed E-state index contributed by atoms with van der Waals surface area (Å²) >= 11 is 0. The molecule has 2 rings (SSSR count). The van der Waals surface area contributed by atoms with Crippen LogP contribution in [0.3, 0.4) is 0 Å². The van der Waals surface area contributed by atoms with Gasteiger partial charge in [0.15, 0.2) is 0 Å². The van der Waals surface area contributed by atoms with Gasteiger partial charge in [-0.3, -0.25) is 4.90 Å². The number of furan rings is 1. The fraction of sp³-hybridized carbons (Fsp3) is 0.214. The van der Waals surface area contributed by atoms with Crippen molar-refractivity contribution in [3.05, 3.63) is 59.3 Å². The standard InChI is InChI=1S/C14H14FNO3/c1-16(9-12-3-2-6-19-12)8-10-4-5-11(15)7-13(10)14(17)18/h2-7H,8-9H2,1H3,(H,17,18).